The van der Waals surface area contributed by atoms with E-state index in [9.17, 15) is 0 Å². The molecule has 1 unspecified atom stereocenters. The highest BCUT2D eigenvalue weighted by molar-refractivity contribution is 14.1. The van der Waals surface area contributed by atoms with E-state index in [4.69, 9.17) is 4.74 Å². The molecule has 0 amide bonds. The van der Waals surface area contributed by atoms with Crippen LogP contribution in [0.1, 0.15) is 32.5 Å². The van der Waals surface area contributed by atoms with Gasteiger partial charge in [-0.1, -0.05) is 0 Å². The Labute approximate surface area is 109 Å². The molecule has 1 saturated heterocycles. The minimum absolute atomic E-state index is 0.297. The smallest absolute Gasteiger partial charge is 0.162 e. The van der Waals surface area contributed by atoms with Gasteiger partial charge < -0.3 is 10.1 Å². The Morgan fingerprint density at radius 1 is 1.62 bits per heavy atom. The number of halogens is 1. The number of nitrogens with one attached hydrogen (secondary N) is 1. The molecule has 0 spiro atoms. The summed E-state index contributed by atoms with van der Waals surface area (Å²) in [6.07, 6.45) is 3.94. The Balaban J connectivity index is 2.31. The first-order valence-electron chi connectivity index (χ1n) is 5.56. The molecule has 0 radical (unpaired) electrons. The minimum atomic E-state index is -0.297. The molecule has 1 aliphatic rings. The summed E-state index contributed by atoms with van der Waals surface area (Å²) in [6.45, 7) is 5.80. The molecule has 1 aromatic rings. The number of rotatable bonds is 3. The Kier molecular flexibility index (Phi) is 3.63. The van der Waals surface area contributed by atoms with E-state index in [1.54, 1.807) is 0 Å². The van der Waals surface area contributed by atoms with Gasteiger partial charge in [0, 0.05) is 19.3 Å². The Hall–Kier alpha value is -0.430. The molecule has 0 aliphatic carbocycles. The zero-order valence-electron chi connectivity index (χ0n) is 9.59. The van der Waals surface area contributed by atoms with Crippen molar-refractivity contribution in [2.45, 2.75) is 32.3 Å². The summed E-state index contributed by atoms with van der Waals surface area (Å²) in [7, 11) is 0. The third-order valence-corrected chi connectivity index (χ3v) is 3.57. The van der Waals surface area contributed by atoms with Crippen LogP contribution in [0.5, 0.6) is 0 Å². The molecule has 4 nitrogen and oxygen atoms in total. The van der Waals surface area contributed by atoms with Gasteiger partial charge in [-0.25, -0.2) is 9.97 Å². The molecule has 0 saturated carbocycles. The first kappa shape index (κ1) is 12.0. The highest BCUT2D eigenvalue weighted by atomic mass is 127. The van der Waals surface area contributed by atoms with Crippen LogP contribution in [0.4, 0.5) is 5.82 Å². The van der Waals surface area contributed by atoms with Crippen LogP contribution in [0.3, 0.4) is 0 Å². The third-order valence-electron chi connectivity index (χ3n) is 2.78. The predicted molar refractivity (Wildman–Crippen MR) is 71.5 cm³/mol. The number of hydrogen-bond acceptors (Lipinski definition) is 4. The molecule has 88 valence electrons. The molecular formula is C11H16IN3O. The highest BCUT2D eigenvalue weighted by Gasteiger charge is 2.35. The second-order valence-electron chi connectivity index (χ2n) is 4.10. The second kappa shape index (κ2) is 4.83. The molecule has 0 aromatic carbocycles. The van der Waals surface area contributed by atoms with Gasteiger partial charge >= 0.3 is 0 Å². The average Bonchev–Trinajstić information content (AvgIpc) is 2.70. The van der Waals surface area contributed by atoms with Crippen LogP contribution in [0.25, 0.3) is 0 Å². The Morgan fingerprint density at radius 2 is 2.44 bits per heavy atom. The Bertz CT molecular complexity index is 377. The van der Waals surface area contributed by atoms with Gasteiger partial charge in [0.1, 0.15) is 11.4 Å². The number of ether oxygens (including phenoxy) is 1. The second-order valence-corrected chi connectivity index (χ2v) is 5.27. The predicted octanol–water partition coefficient (Wildman–Crippen LogP) is 2.54. The van der Waals surface area contributed by atoms with Crippen molar-refractivity contribution in [3.63, 3.8) is 0 Å². The van der Waals surface area contributed by atoms with E-state index < -0.39 is 0 Å². The van der Waals surface area contributed by atoms with E-state index in [0.717, 1.165) is 41.2 Å². The van der Waals surface area contributed by atoms with Gasteiger partial charge in [0.25, 0.3) is 0 Å². The molecule has 1 aliphatic heterocycles. The van der Waals surface area contributed by atoms with Gasteiger partial charge in [-0.05, 0) is 49.3 Å². The molecule has 2 heterocycles. The SMILES string of the molecule is CCNc1nc(C2(C)CCCO2)ncc1I. The lowest BCUT2D eigenvalue weighted by Gasteiger charge is -2.21. The fraction of sp³-hybridized carbons (Fsp3) is 0.636. The fourth-order valence-electron chi connectivity index (χ4n) is 1.87. The van der Waals surface area contributed by atoms with E-state index >= 15 is 0 Å². The zero-order valence-corrected chi connectivity index (χ0v) is 11.7. The highest BCUT2D eigenvalue weighted by Crippen LogP contribution is 2.34. The van der Waals surface area contributed by atoms with E-state index in [-0.39, 0.29) is 5.60 Å². The summed E-state index contributed by atoms with van der Waals surface area (Å²) in [5, 5.41) is 3.24. The maximum Gasteiger partial charge on any atom is 0.162 e. The van der Waals surface area contributed by atoms with Crippen molar-refractivity contribution >= 4 is 28.4 Å². The van der Waals surface area contributed by atoms with Crippen molar-refractivity contribution in [2.75, 3.05) is 18.5 Å². The van der Waals surface area contributed by atoms with Crippen LogP contribution in [0.2, 0.25) is 0 Å². The number of aromatic nitrogens is 2. The quantitative estimate of drug-likeness (QED) is 0.864. The topological polar surface area (TPSA) is 47.0 Å². The van der Waals surface area contributed by atoms with Gasteiger partial charge in [-0.2, -0.15) is 0 Å². The van der Waals surface area contributed by atoms with Crippen LogP contribution in [-0.2, 0) is 10.3 Å². The molecule has 1 fully saturated rings. The molecule has 1 atom stereocenters. The lowest BCUT2D eigenvalue weighted by atomic mass is 10.0. The number of anilines is 1. The lowest BCUT2D eigenvalue weighted by Crippen LogP contribution is -2.24. The van der Waals surface area contributed by atoms with E-state index in [1.165, 1.54) is 0 Å². The molecule has 5 heteroatoms. The summed E-state index contributed by atoms with van der Waals surface area (Å²) in [4.78, 5) is 8.95. The third kappa shape index (κ3) is 2.29. The standard InChI is InChI=1S/C11H16IN3O/c1-3-13-9-8(12)7-14-10(15-9)11(2)5-4-6-16-11/h7H,3-6H2,1-2H3,(H,13,14,15). The van der Waals surface area contributed by atoms with Crippen LogP contribution >= 0.6 is 22.6 Å². The van der Waals surface area contributed by atoms with Gasteiger partial charge in [-0.15, -0.1) is 0 Å². The molecule has 1 aromatic heterocycles. The summed E-state index contributed by atoms with van der Waals surface area (Å²) < 4.78 is 6.79. The maximum absolute atomic E-state index is 5.74. The Morgan fingerprint density at radius 3 is 3.06 bits per heavy atom. The van der Waals surface area contributed by atoms with Gasteiger partial charge in [0.05, 0.1) is 3.57 Å². The monoisotopic (exact) mass is 333 g/mol. The normalized spacial score (nSPS) is 24.7. The molecule has 0 bridgehead atoms. The minimum Gasteiger partial charge on any atom is -0.369 e. The summed E-state index contributed by atoms with van der Waals surface area (Å²) in [5.74, 6) is 1.70. The largest absolute Gasteiger partial charge is 0.369 e. The van der Waals surface area contributed by atoms with Crippen molar-refractivity contribution in [1.82, 2.24) is 9.97 Å². The lowest BCUT2D eigenvalue weighted by molar-refractivity contribution is 0.00940. The van der Waals surface area contributed by atoms with Gasteiger partial charge in [-0.3, -0.25) is 0 Å². The van der Waals surface area contributed by atoms with E-state index in [0.29, 0.717) is 0 Å². The van der Waals surface area contributed by atoms with Crippen LogP contribution < -0.4 is 5.32 Å². The van der Waals surface area contributed by atoms with Crippen LogP contribution in [0, 0.1) is 3.57 Å². The number of nitrogens with zero attached hydrogens (tertiary/aromatic N) is 2. The van der Waals surface area contributed by atoms with Gasteiger partial charge in [0.15, 0.2) is 5.82 Å². The van der Waals surface area contributed by atoms with Crippen molar-refractivity contribution < 1.29 is 4.74 Å². The average molecular weight is 333 g/mol. The molecule has 16 heavy (non-hydrogen) atoms. The van der Waals surface area contributed by atoms with Crippen molar-refractivity contribution in [2.24, 2.45) is 0 Å². The van der Waals surface area contributed by atoms with Crippen LogP contribution in [0.15, 0.2) is 6.20 Å². The molecule has 1 N–H and O–H groups in total. The summed E-state index contributed by atoms with van der Waals surface area (Å²) in [5.41, 5.74) is -0.297. The zero-order chi connectivity index (χ0) is 11.6. The van der Waals surface area contributed by atoms with Gasteiger partial charge in [0.2, 0.25) is 0 Å². The summed E-state index contributed by atoms with van der Waals surface area (Å²) in [6, 6.07) is 0. The van der Waals surface area contributed by atoms with Crippen LogP contribution in [-0.4, -0.2) is 23.1 Å². The summed E-state index contributed by atoms with van der Waals surface area (Å²) >= 11 is 2.24. The number of hydrogen-bond donors (Lipinski definition) is 1. The fourth-order valence-corrected chi connectivity index (χ4v) is 2.32. The molecular weight excluding hydrogens is 317 g/mol. The molecule has 2 rings (SSSR count). The van der Waals surface area contributed by atoms with Crippen molar-refractivity contribution in [1.29, 1.82) is 0 Å². The van der Waals surface area contributed by atoms with Crippen molar-refractivity contribution in [3.05, 3.63) is 15.6 Å². The first-order valence-corrected chi connectivity index (χ1v) is 6.64. The maximum atomic E-state index is 5.74. The van der Waals surface area contributed by atoms with E-state index in [2.05, 4.69) is 51.7 Å². The van der Waals surface area contributed by atoms with E-state index in [1.807, 2.05) is 6.20 Å². The first-order chi connectivity index (χ1) is 7.65. The van der Waals surface area contributed by atoms with Crippen molar-refractivity contribution in [3.8, 4) is 0 Å².